The Balaban J connectivity index is 1.59. The van der Waals surface area contributed by atoms with Crippen LogP contribution < -0.4 is 5.32 Å². The van der Waals surface area contributed by atoms with Gasteiger partial charge in [0.15, 0.2) is 5.82 Å². The molecule has 2 fully saturated rings. The van der Waals surface area contributed by atoms with Gasteiger partial charge >= 0.3 is 0 Å². The number of amides is 1. The van der Waals surface area contributed by atoms with Crippen molar-refractivity contribution in [3.63, 3.8) is 0 Å². The van der Waals surface area contributed by atoms with Crippen LogP contribution in [0.4, 0.5) is 0 Å². The van der Waals surface area contributed by atoms with Gasteiger partial charge in [-0.3, -0.25) is 4.79 Å². The average molecular weight is 392 g/mol. The lowest BCUT2D eigenvalue weighted by Crippen LogP contribution is -2.39. The second-order valence-corrected chi connectivity index (χ2v) is 9.28. The van der Waals surface area contributed by atoms with Crippen LogP contribution in [0.1, 0.15) is 34.9 Å². The number of fused-ring (bicyclic) bond motifs is 1. The monoisotopic (exact) mass is 392 g/mol. The Labute approximate surface area is 156 Å². The van der Waals surface area contributed by atoms with Crippen LogP contribution >= 0.6 is 0 Å². The number of nitrogens with zero attached hydrogens (tertiary/aromatic N) is 5. The molecule has 1 aliphatic carbocycles. The van der Waals surface area contributed by atoms with E-state index in [1.165, 1.54) is 29.3 Å². The predicted molar refractivity (Wildman–Crippen MR) is 93.1 cm³/mol. The van der Waals surface area contributed by atoms with Crippen LogP contribution in [0.3, 0.4) is 0 Å². The molecule has 1 aliphatic heterocycles. The van der Waals surface area contributed by atoms with Gasteiger partial charge in [-0.1, -0.05) is 5.16 Å². The fraction of sp³-hybridized carbons (Fsp3) is 0.562. The van der Waals surface area contributed by atoms with E-state index in [1.807, 2.05) is 0 Å². The lowest BCUT2D eigenvalue weighted by atomic mass is 9.80. The molecule has 27 heavy (non-hydrogen) atoms. The lowest BCUT2D eigenvalue weighted by molar-refractivity contribution is 0.0934. The largest absolute Gasteiger partial charge is 0.349 e. The van der Waals surface area contributed by atoms with E-state index in [4.69, 9.17) is 4.52 Å². The number of carbonyl (C=O) groups is 1. The van der Waals surface area contributed by atoms with Crippen LogP contribution in [-0.2, 0) is 15.4 Å². The fourth-order valence-electron chi connectivity index (χ4n) is 4.20. The van der Waals surface area contributed by atoms with E-state index in [9.17, 15) is 13.2 Å². The third kappa shape index (κ3) is 3.21. The number of carbonyl (C=O) groups excluding carboxylic acids is 1. The Kier molecular flexibility index (Phi) is 4.22. The van der Waals surface area contributed by atoms with Crippen molar-refractivity contribution in [1.29, 1.82) is 0 Å². The molecule has 1 saturated heterocycles. The van der Waals surface area contributed by atoms with Crippen molar-refractivity contribution in [3.05, 3.63) is 36.0 Å². The summed E-state index contributed by atoms with van der Waals surface area (Å²) in [5.74, 6) is 0.683. The molecule has 1 N–H and O–H groups in total. The van der Waals surface area contributed by atoms with Gasteiger partial charge in [-0.25, -0.2) is 22.7 Å². The SMILES string of the molecule is Cc1noc([C@]23C[C@H](NC(=O)c4cncnc4)C[C@H]2CN(S(C)(=O)=O)C3)n1. The molecule has 0 bridgehead atoms. The molecule has 0 unspecified atom stereocenters. The molecule has 3 atom stereocenters. The number of aromatic nitrogens is 4. The Morgan fingerprint density at radius 3 is 2.74 bits per heavy atom. The van der Waals surface area contributed by atoms with Gasteiger partial charge in [-0.2, -0.15) is 4.98 Å². The minimum Gasteiger partial charge on any atom is -0.349 e. The van der Waals surface area contributed by atoms with Crippen molar-refractivity contribution in [2.24, 2.45) is 5.92 Å². The number of hydrogen-bond acceptors (Lipinski definition) is 8. The molecule has 2 aromatic heterocycles. The molecule has 144 valence electrons. The third-order valence-corrected chi connectivity index (χ3v) is 6.64. The molecule has 11 heteroatoms. The zero-order chi connectivity index (χ0) is 19.2. The van der Waals surface area contributed by atoms with Crippen molar-refractivity contribution in [3.8, 4) is 0 Å². The highest BCUT2D eigenvalue weighted by molar-refractivity contribution is 7.88. The van der Waals surface area contributed by atoms with Crippen molar-refractivity contribution in [1.82, 2.24) is 29.7 Å². The molecule has 4 rings (SSSR count). The molecule has 2 aliphatic rings. The Morgan fingerprint density at radius 1 is 1.37 bits per heavy atom. The number of hydrogen-bond donors (Lipinski definition) is 1. The van der Waals surface area contributed by atoms with Crippen LogP contribution in [0.15, 0.2) is 23.2 Å². The molecule has 10 nitrogen and oxygen atoms in total. The van der Waals surface area contributed by atoms with Gasteiger partial charge in [0, 0.05) is 31.5 Å². The van der Waals surface area contributed by atoms with Gasteiger partial charge in [0.1, 0.15) is 6.33 Å². The second kappa shape index (κ2) is 6.34. The van der Waals surface area contributed by atoms with E-state index < -0.39 is 15.4 Å². The number of aryl methyl sites for hydroxylation is 1. The van der Waals surface area contributed by atoms with E-state index in [2.05, 4.69) is 25.4 Å². The standard InChI is InChI=1S/C16H20N6O4S/c1-10-19-15(26-21-10)16-4-13(20-14(23)11-5-17-9-18-6-11)3-12(16)7-22(8-16)27(2,24)25/h5-6,9,12-13H,3-4,7-8H2,1-2H3,(H,20,23)/t12-,13+,16-/m0/s1. The van der Waals surface area contributed by atoms with Gasteiger partial charge in [0.25, 0.3) is 5.91 Å². The highest BCUT2D eigenvalue weighted by atomic mass is 32.2. The zero-order valence-electron chi connectivity index (χ0n) is 15.0. The average Bonchev–Trinajstić information content (AvgIpc) is 3.27. The molecular formula is C16H20N6O4S. The summed E-state index contributed by atoms with van der Waals surface area (Å²) < 4.78 is 31.0. The van der Waals surface area contributed by atoms with E-state index >= 15 is 0 Å². The van der Waals surface area contributed by atoms with Crippen LogP contribution in [0.2, 0.25) is 0 Å². The van der Waals surface area contributed by atoms with Crippen LogP contribution in [0.5, 0.6) is 0 Å². The van der Waals surface area contributed by atoms with Crippen molar-refractivity contribution >= 4 is 15.9 Å². The molecule has 1 amide bonds. The van der Waals surface area contributed by atoms with Crippen molar-refractivity contribution in [2.45, 2.75) is 31.2 Å². The molecular weight excluding hydrogens is 372 g/mol. The van der Waals surface area contributed by atoms with Crippen molar-refractivity contribution < 1.29 is 17.7 Å². The molecule has 1 saturated carbocycles. The Hall–Kier alpha value is -2.40. The van der Waals surface area contributed by atoms with E-state index in [-0.39, 0.29) is 24.4 Å². The fourth-order valence-corrected chi connectivity index (χ4v) is 5.12. The minimum absolute atomic E-state index is 0.00982. The van der Waals surface area contributed by atoms with Gasteiger partial charge in [-0.05, 0) is 25.7 Å². The summed E-state index contributed by atoms with van der Waals surface area (Å²) in [6, 6.07) is -0.128. The first-order chi connectivity index (χ1) is 12.8. The van der Waals surface area contributed by atoms with E-state index in [1.54, 1.807) is 6.92 Å². The second-order valence-electron chi connectivity index (χ2n) is 7.29. The first-order valence-electron chi connectivity index (χ1n) is 8.60. The quantitative estimate of drug-likeness (QED) is 0.762. The first-order valence-corrected chi connectivity index (χ1v) is 10.4. The molecule has 0 aromatic carbocycles. The minimum atomic E-state index is -3.33. The summed E-state index contributed by atoms with van der Waals surface area (Å²) in [5, 5.41) is 6.88. The number of rotatable bonds is 4. The summed E-state index contributed by atoms with van der Waals surface area (Å²) in [6.07, 6.45) is 6.65. The van der Waals surface area contributed by atoms with Gasteiger partial charge < -0.3 is 9.84 Å². The maximum absolute atomic E-state index is 12.4. The number of nitrogens with one attached hydrogen (secondary N) is 1. The molecule has 3 heterocycles. The lowest BCUT2D eigenvalue weighted by Gasteiger charge is -2.24. The predicted octanol–water partition coefficient (Wildman–Crippen LogP) is -0.110. The summed E-state index contributed by atoms with van der Waals surface area (Å²) in [6.45, 7) is 2.38. The maximum Gasteiger partial charge on any atom is 0.254 e. The van der Waals surface area contributed by atoms with Gasteiger partial charge in [-0.15, -0.1) is 0 Å². The van der Waals surface area contributed by atoms with Crippen LogP contribution in [-0.4, -0.2) is 64.1 Å². The van der Waals surface area contributed by atoms with Gasteiger partial charge in [0.2, 0.25) is 15.9 Å². The normalized spacial score (nSPS) is 28.2. The maximum atomic E-state index is 12.4. The van der Waals surface area contributed by atoms with E-state index in [0.29, 0.717) is 36.7 Å². The van der Waals surface area contributed by atoms with Crippen LogP contribution in [0.25, 0.3) is 0 Å². The Bertz CT molecular complexity index is 962. The molecule has 0 radical (unpaired) electrons. The molecule has 2 aromatic rings. The van der Waals surface area contributed by atoms with Crippen molar-refractivity contribution in [2.75, 3.05) is 19.3 Å². The smallest absolute Gasteiger partial charge is 0.254 e. The topological polar surface area (TPSA) is 131 Å². The zero-order valence-corrected chi connectivity index (χ0v) is 15.8. The highest BCUT2D eigenvalue weighted by Crippen LogP contribution is 2.50. The number of sulfonamides is 1. The summed E-state index contributed by atoms with van der Waals surface area (Å²) >= 11 is 0. The molecule has 0 spiro atoms. The Morgan fingerprint density at radius 2 is 2.11 bits per heavy atom. The summed E-state index contributed by atoms with van der Waals surface area (Å²) in [5.41, 5.74) is -0.204. The summed E-state index contributed by atoms with van der Waals surface area (Å²) in [4.78, 5) is 24.5. The van der Waals surface area contributed by atoms with Gasteiger partial charge in [0.05, 0.1) is 17.2 Å². The van der Waals surface area contributed by atoms with E-state index in [0.717, 1.165) is 0 Å². The summed E-state index contributed by atoms with van der Waals surface area (Å²) in [7, 11) is -3.33. The first kappa shape index (κ1) is 18.0. The highest BCUT2D eigenvalue weighted by Gasteiger charge is 2.58. The third-order valence-electron chi connectivity index (χ3n) is 5.42. The van der Waals surface area contributed by atoms with Crippen LogP contribution in [0, 0.1) is 12.8 Å².